The van der Waals surface area contributed by atoms with Gasteiger partial charge in [-0.25, -0.2) is 4.79 Å². The van der Waals surface area contributed by atoms with E-state index in [0.29, 0.717) is 6.61 Å². The van der Waals surface area contributed by atoms with Crippen molar-refractivity contribution in [1.82, 2.24) is 4.90 Å². The summed E-state index contributed by atoms with van der Waals surface area (Å²) in [6, 6.07) is 0.280. The number of ether oxygens (including phenoxy) is 2. The maximum atomic E-state index is 12.0. The maximum Gasteiger partial charge on any atom is 0.330 e. The van der Waals surface area contributed by atoms with E-state index in [1.807, 2.05) is 31.7 Å². The van der Waals surface area contributed by atoms with Gasteiger partial charge in [0.1, 0.15) is 5.60 Å². The van der Waals surface area contributed by atoms with Crippen LogP contribution in [0, 0.1) is 5.41 Å². The predicted molar refractivity (Wildman–Crippen MR) is 85.4 cm³/mol. The number of hydrogen-bond donors (Lipinski definition) is 0. The molecule has 0 spiro atoms. The Morgan fingerprint density at radius 2 is 1.73 bits per heavy atom. The van der Waals surface area contributed by atoms with E-state index in [-0.39, 0.29) is 36.0 Å². The molecule has 0 aromatic heterocycles. The number of carbonyl (C=O) groups is 2. The van der Waals surface area contributed by atoms with Crippen molar-refractivity contribution < 1.29 is 19.1 Å². The molecule has 1 unspecified atom stereocenters. The summed E-state index contributed by atoms with van der Waals surface area (Å²) < 4.78 is 10.3. The lowest BCUT2D eigenvalue weighted by atomic mass is 9.90. The Balaban J connectivity index is 2.67. The lowest BCUT2D eigenvalue weighted by molar-refractivity contribution is -0.155. The van der Waals surface area contributed by atoms with Crippen LogP contribution in [0.4, 0.5) is 0 Å². The average Bonchev–Trinajstić information content (AvgIpc) is 2.97. The molecule has 0 aromatic carbocycles. The molecule has 126 valence electrons. The summed E-state index contributed by atoms with van der Waals surface area (Å²) in [5.74, 6) is -0.590. The van der Waals surface area contributed by atoms with Crippen molar-refractivity contribution in [2.75, 3.05) is 13.2 Å². The Morgan fingerprint density at radius 1 is 1.14 bits per heavy atom. The molecule has 0 amide bonds. The van der Waals surface area contributed by atoms with Crippen LogP contribution in [0.15, 0.2) is 12.2 Å². The van der Waals surface area contributed by atoms with Crippen LogP contribution in [0.3, 0.4) is 0 Å². The van der Waals surface area contributed by atoms with Crippen molar-refractivity contribution in [3.63, 3.8) is 0 Å². The molecule has 3 atom stereocenters. The van der Waals surface area contributed by atoms with E-state index in [0.717, 1.165) is 0 Å². The molecule has 0 aromatic rings. The Bertz CT molecular complexity index is 443. The molecule has 0 saturated carbocycles. The van der Waals surface area contributed by atoms with Gasteiger partial charge < -0.3 is 9.47 Å². The lowest BCUT2D eigenvalue weighted by Gasteiger charge is -2.21. The van der Waals surface area contributed by atoms with Crippen molar-refractivity contribution in [2.45, 2.75) is 66.2 Å². The third kappa shape index (κ3) is 5.79. The third-order valence-corrected chi connectivity index (χ3v) is 3.31. The summed E-state index contributed by atoms with van der Waals surface area (Å²) in [5.41, 5.74) is -0.466. The van der Waals surface area contributed by atoms with Crippen LogP contribution in [0.25, 0.3) is 0 Å². The Morgan fingerprint density at radius 3 is 2.18 bits per heavy atom. The summed E-state index contributed by atoms with van der Waals surface area (Å²) in [6.07, 6.45) is 3.26. The van der Waals surface area contributed by atoms with Crippen molar-refractivity contribution in [1.29, 1.82) is 0 Å². The highest BCUT2D eigenvalue weighted by molar-refractivity contribution is 5.82. The summed E-state index contributed by atoms with van der Waals surface area (Å²) in [7, 11) is 0. The van der Waals surface area contributed by atoms with E-state index in [4.69, 9.17) is 9.47 Å². The predicted octanol–water partition coefficient (Wildman–Crippen LogP) is 2.55. The highest BCUT2D eigenvalue weighted by atomic mass is 16.6. The largest absolute Gasteiger partial charge is 0.463 e. The molecule has 0 radical (unpaired) electrons. The first-order valence-electron chi connectivity index (χ1n) is 7.78. The minimum Gasteiger partial charge on any atom is -0.463 e. The number of esters is 2. The van der Waals surface area contributed by atoms with Gasteiger partial charge in [0, 0.05) is 18.2 Å². The number of carbonyl (C=O) groups excluding carboxylic acids is 2. The standard InChI is InChI=1S/C17H29NO4/c1-8-21-13(19)10-9-12-15(16(2,3)4)18(12)11-14(20)22-17(5,6)7/h9-10,12,15H,8,11H2,1-7H3/b10-9+/t12-,15-,18?/m0/s1. The molecular weight excluding hydrogens is 282 g/mol. The smallest absolute Gasteiger partial charge is 0.330 e. The minimum atomic E-state index is -0.486. The zero-order chi connectivity index (χ0) is 17.1. The molecule has 5 heteroatoms. The molecule has 0 aliphatic carbocycles. The fourth-order valence-electron chi connectivity index (χ4n) is 2.62. The molecule has 1 rings (SSSR count). The van der Waals surface area contributed by atoms with E-state index in [9.17, 15) is 9.59 Å². The first kappa shape index (κ1) is 18.7. The molecule has 1 heterocycles. The second-order valence-electron chi connectivity index (χ2n) is 7.67. The molecular formula is C17H29NO4. The van der Waals surface area contributed by atoms with Gasteiger partial charge in [-0.1, -0.05) is 26.8 Å². The van der Waals surface area contributed by atoms with Crippen LogP contribution in [0.1, 0.15) is 48.5 Å². The van der Waals surface area contributed by atoms with Gasteiger partial charge in [-0.05, 0) is 33.1 Å². The maximum absolute atomic E-state index is 12.0. The van der Waals surface area contributed by atoms with Gasteiger partial charge in [0.2, 0.25) is 0 Å². The number of hydrogen-bond acceptors (Lipinski definition) is 5. The van der Waals surface area contributed by atoms with Gasteiger partial charge in [-0.3, -0.25) is 9.69 Å². The Hall–Kier alpha value is -1.36. The molecule has 22 heavy (non-hydrogen) atoms. The molecule has 5 nitrogen and oxygen atoms in total. The van der Waals surface area contributed by atoms with Gasteiger partial charge >= 0.3 is 11.9 Å². The lowest BCUT2D eigenvalue weighted by Crippen LogP contribution is -2.30. The Labute approximate surface area is 133 Å². The van der Waals surface area contributed by atoms with Crippen LogP contribution < -0.4 is 0 Å². The quantitative estimate of drug-likeness (QED) is 0.444. The summed E-state index contributed by atoms with van der Waals surface area (Å²) in [6.45, 7) is 14.3. The average molecular weight is 311 g/mol. The van der Waals surface area contributed by atoms with Crippen LogP contribution >= 0.6 is 0 Å². The van der Waals surface area contributed by atoms with Crippen LogP contribution in [-0.4, -0.2) is 47.7 Å². The topological polar surface area (TPSA) is 55.6 Å². The van der Waals surface area contributed by atoms with Crippen LogP contribution in [-0.2, 0) is 19.1 Å². The molecule has 1 aliphatic heterocycles. The molecule has 1 saturated heterocycles. The zero-order valence-electron chi connectivity index (χ0n) is 14.8. The zero-order valence-corrected chi connectivity index (χ0v) is 14.8. The second kappa shape index (κ2) is 6.82. The molecule has 0 bridgehead atoms. The summed E-state index contributed by atoms with van der Waals surface area (Å²) >= 11 is 0. The number of rotatable bonds is 5. The van der Waals surface area contributed by atoms with Crippen LogP contribution in [0.2, 0.25) is 0 Å². The van der Waals surface area contributed by atoms with Gasteiger partial charge in [-0.2, -0.15) is 0 Å². The van der Waals surface area contributed by atoms with Crippen LogP contribution in [0.5, 0.6) is 0 Å². The highest BCUT2D eigenvalue weighted by Crippen LogP contribution is 2.42. The molecule has 1 fully saturated rings. The van der Waals surface area contributed by atoms with Crippen molar-refractivity contribution in [3.05, 3.63) is 12.2 Å². The van der Waals surface area contributed by atoms with Gasteiger partial charge in [0.25, 0.3) is 0 Å². The molecule has 1 aliphatic rings. The van der Waals surface area contributed by atoms with E-state index >= 15 is 0 Å². The highest BCUT2D eigenvalue weighted by Gasteiger charge is 2.53. The van der Waals surface area contributed by atoms with Crippen molar-refractivity contribution in [3.8, 4) is 0 Å². The van der Waals surface area contributed by atoms with Gasteiger partial charge in [-0.15, -0.1) is 0 Å². The molecule has 0 N–H and O–H groups in total. The first-order chi connectivity index (χ1) is 9.95. The van der Waals surface area contributed by atoms with Crippen molar-refractivity contribution in [2.24, 2.45) is 5.41 Å². The van der Waals surface area contributed by atoms with E-state index in [2.05, 4.69) is 20.8 Å². The van der Waals surface area contributed by atoms with Gasteiger partial charge in [0.05, 0.1) is 13.2 Å². The van der Waals surface area contributed by atoms with E-state index < -0.39 is 5.60 Å². The summed E-state index contributed by atoms with van der Waals surface area (Å²) in [5, 5.41) is 0. The fraction of sp³-hybridized carbons (Fsp3) is 0.765. The third-order valence-electron chi connectivity index (χ3n) is 3.31. The van der Waals surface area contributed by atoms with E-state index in [1.54, 1.807) is 6.92 Å². The number of nitrogens with zero attached hydrogens (tertiary/aromatic N) is 1. The Kier molecular flexibility index (Phi) is 5.79. The van der Waals surface area contributed by atoms with Gasteiger partial charge in [0.15, 0.2) is 0 Å². The SMILES string of the molecule is CCOC(=O)/C=C/[C@H]1[C@@H](C(C)(C)C)N1CC(=O)OC(C)(C)C. The fourth-order valence-corrected chi connectivity index (χ4v) is 2.62. The van der Waals surface area contributed by atoms with E-state index in [1.165, 1.54) is 6.08 Å². The first-order valence-corrected chi connectivity index (χ1v) is 7.78. The normalized spacial score (nSPS) is 25.1. The minimum absolute atomic E-state index is 0.0195. The monoisotopic (exact) mass is 311 g/mol. The van der Waals surface area contributed by atoms with Crippen molar-refractivity contribution >= 4 is 11.9 Å². The second-order valence-corrected chi connectivity index (χ2v) is 7.67. The summed E-state index contributed by atoms with van der Waals surface area (Å²) in [4.78, 5) is 25.5.